The van der Waals surface area contributed by atoms with Gasteiger partial charge in [-0.05, 0) is 45.2 Å². The molecule has 1 unspecified atom stereocenters. The van der Waals surface area contributed by atoms with Crippen molar-refractivity contribution in [3.8, 4) is 0 Å². The van der Waals surface area contributed by atoms with Gasteiger partial charge in [-0.15, -0.1) is 0 Å². The zero-order valence-electron chi connectivity index (χ0n) is 13.8. The molecule has 0 spiro atoms. The van der Waals surface area contributed by atoms with E-state index < -0.39 is 0 Å². The normalized spacial score (nSPS) is 18.6. The smallest absolute Gasteiger partial charge is 0.226 e. The maximum Gasteiger partial charge on any atom is 0.226 e. The minimum absolute atomic E-state index is 0.258. The Hall–Kier alpha value is -1.43. The van der Waals surface area contributed by atoms with Gasteiger partial charge in [0.1, 0.15) is 0 Å². The van der Waals surface area contributed by atoms with Gasteiger partial charge in [0.05, 0.1) is 0 Å². The summed E-state index contributed by atoms with van der Waals surface area (Å²) in [6.07, 6.45) is 6.23. The number of carbonyl (C=O) groups is 1. The van der Waals surface area contributed by atoms with E-state index in [-0.39, 0.29) is 5.91 Å². The lowest BCUT2D eigenvalue weighted by Gasteiger charge is -2.32. The zero-order chi connectivity index (χ0) is 15.8. The fraction of sp³-hybridized carbons (Fsp3) is 0.812. The Bertz CT molecular complexity index is 459. The van der Waals surface area contributed by atoms with E-state index in [9.17, 15) is 4.79 Å². The number of nitrogens with one attached hydrogen (secondary N) is 1. The molecule has 1 aromatic heterocycles. The molecule has 1 saturated heterocycles. The number of piperidine rings is 1. The molecule has 0 saturated carbocycles. The van der Waals surface area contributed by atoms with Crippen LogP contribution in [0.15, 0.2) is 4.52 Å². The van der Waals surface area contributed by atoms with Crippen LogP contribution in [0.4, 0.5) is 0 Å². The highest BCUT2D eigenvalue weighted by atomic mass is 16.5. The van der Waals surface area contributed by atoms with Gasteiger partial charge in [0.25, 0.3) is 0 Å². The third kappa shape index (κ3) is 5.09. The minimum Gasteiger partial charge on any atom is -0.342 e. The van der Waals surface area contributed by atoms with E-state index in [1.807, 2.05) is 11.9 Å². The van der Waals surface area contributed by atoms with Crippen LogP contribution in [0.25, 0.3) is 0 Å². The molecule has 2 heterocycles. The third-order valence-corrected chi connectivity index (χ3v) is 4.13. The van der Waals surface area contributed by atoms with Crippen molar-refractivity contribution < 1.29 is 9.32 Å². The van der Waals surface area contributed by atoms with Crippen LogP contribution in [-0.2, 0) is 17.6 Å². The van der Waals surface area contributed by atoms with Crippen LogP contribution in [0.2, 0.25) is 0 Å². The zero-order valence-corrected chi connectivity index (χ0v) is 13.8. The number of carbonyl (C=O) groups excluding carboxylic acids is 1. The number of amides is 1. The van der Waals surface area contributed by atoms with Crippen molar-refractivity contribution in [1.29, 1.82) is 0 Å². The van der Waals surface area contributed by atoms with Crippen LogP contribution in [0.1, 0.15) is 50.7 Å². The molecule has 0 aromatic carbocycles. The molecule has 1 fully saturated rings. The van der Waals surface area contributed by atoms with Gasteiger partial charge in [0, 0.05) is 32.4 Å². The van der Waals surface area contributed by atoms with E-state index in [2.05, 4.69) is 22.4 Å². The summed E-state index contributed by atoms with van der Waals surface area (Å²) in [6.45, 7) is 4.88. The Balaban J connectivity index is 1.70. The number of nitrogens with zero attached hydrogens (tertiary/aromatic N) is 3. The molecule has 6 nitrogen and oxygen atoms in total. The van der Waals surface area contributed by atoms with Gasteiger partial charge in [-0.3, -0.25) is 4.79 Å². The van der Waals surface area contributed by atoms with Crippen molar-refractivity contribution in [1.82, 2.24) is 20.4 Å². The maximum absolute atomic E-state index is 12.3. The number of hydrogen-bond donors (Lipinski definition) is 1. The number of aromatic nitrogens is 2. The maximum atomic E-state index is 12.3. The quantitative estimate of drug-likeness (QED) is 0.793. The Kier molecular flexibility index (Phi) is 6.83. The van der Waals surface area contributed by atoms with Gasteiger partial charge >= 0.3 is 0 Å². The van der Waals surface area contributed by atoms with Gasteiger partial charge in [-0.1, -0.05) is 12.1 Å². The molecule has 0 aliphatic carbocycles. The summed E-state index contributed by atoms with van der Waals surface area (Å²) in [5, 5.41) is 7.14. The first-order chi connectivity index (χ1) is 10.7. The Morgan fingerprint density at radius 2 is 2.32 bits per heavy atom. The van der Waals surface area contributed by atoms with Crippen LogP contribution in [0.5, 0.6) is 0 Å². The summed E-state index contributed by atoms with van der Waals surface area (Å²) in [5.74, 6) is 2.28. The fourth-order valence-electron chi connectivity index (χ4n) is 3.01. The van der Waals surface area contributed by atoms with Gasteiger partial charge in [-0.2, -0.15) is 4.98 Å². The van der Waals surface area contributed by atoms with Crippen LogP contribution in [0, 0.1) is 5.92 Å². The highest BCUT2D eigenvalue weighted by molar-refractivity contribution is 5.76. The van der Waals surface area contributed by atoms with Crippen LogP contribution in [0.3, 0.4) is 0 Å². The molecule has 1 aliphatic rings. The number of rotatable bonds is 8. The van der Waals surface area contributed by atoms with Gasteiger partial charge in [0.15, 0.2) is 5.82 Å². The van der Waals surface area contributed by atoms with Crippen LogP contribution < -0.4 is 5.32 Å². The lowest BCUT2D eigenvalue weighted by molar-refractivity contribution is -0.133. The van der Waals surface area contributed by atoms with E-state index in [1.54, 1.807) is 0 Å². The fourth-order valence-corrected chi connectivity index (χ4v) is 3.01. The van der Waals surface area contributed by atoms with E-state index in [0.717, 1.165) is 51.1 Å². The van der Waals surface area contributed by atoms with E-state index in [0.29, 0.717) is 24.7 Å². The molecule has 1 amide bonds. The van der Waals surface area contributed by atoms with E-state index in [4.69, 9.17) is 4.52 Å². The monoisotopic (exact) mass is 308 g/mol. The minimum atomic E-state index is 0.258. The van der Waals surface area contributed by atoms with Gasteiger partial charge in [-0.25, -0.2) is 0 Å². The van der Waals surface area contributed by atoms with Crippen molar-refractivity contribution >= 4 is 5.91 Å². The van der Waals surface area contributed by atoms with Crippen molar-refractivity contribution in [2.45, 2.75) is 51.9 Å². The predicted octanol–water partition coefficient (Wildman–Crippen LogP) is 1.80. The highest BCUT2D eigenvalue weighted by Crippen LogP contribution is 2.17. The lowest BCUT2D eigenvalue weighted by atomic mass is 9.97. The van der Waals surface area contributed by atoms with Crippen molar-refractivity contribution in [3.63, 3.8) is 0 Å². The number of hydrogen-bond acceptors (Lipinski definition) is 5. The SMILES string of the molecule is CCCc1noc(CCCC(=O)N2CCCC(CNC)C2)n1. The molecule has 0 bridgehead atoms. The molecule has 1 aromatic rings. The summed E-state index contributed by atoms with van der Waals surface area (Å²) in [6, 6.07) is 0. The van der Waals surface area contributed by atoms with Crippen LogP contribution >= 0.6 is 0 Å². The van der Waals surface area contributed by atoms with E-state index >= 15 is 0 Å². The van der Waals surface area contributed by atoms with Crippen molar-refractivity contribution in [3.05, 3.63) is 11.7 Å². The molecule has 1 N–H and O–H groups in total. The summed E-state index contributed by atoms with van der Waals surface area (Å²) >= 11 is 0. The third-order valence-electron chi connectivity index (χ3n) is 4.13. The molecule has 124 valence electrons. The Morgan fingerprint density at radius 1 is 1.45 bits per heavy atom. The summed E-state index contributed by atoms with van der Waals surface area (Å²) in [7, 11) is 1.97. The van der Waals surface area contributed by atoms with Crippen molar-refractivity contribution in [2.24, 2.45) is 5.92 Å². The van der Waals surface area contributed by atoms with Gasteiger partial charge in [0.2, 0.25) is 11.8 Å². The largest absolute Gasteiger partial charge is 0.342 e. The number of likely N-dealkylation sites (tertiary alicyclic amines) is 1. The molecule has 6 heteroatoms. The second kappa shape index (κ2) is 8.88. The first-order valence-corrected chi connectivity index (χ1v) is 8.46. The standard InChI is InChI=1S/C16H28N4O2/c1-3-6-14-18-15(22-19-14)8-4-9-16(21)20-10-5-7-13(12-20)11-17-2/h13,17H,3-12H2,1-2H3. The average molecular weight is 308 g/mol. The molecule has 1 aliphatic heterocycles. The van der Waals surface area contributed by atoms with E-state index in [1.165, 1.54) is 6.42 Å². The van der Waals surface area contributed by atoms with Crippen LogP contribution in [-0.4, -0.2) is 47.6 Å². The predicted molar refractivity (Wildman–Crippen MR) is 84.5 cm³/mol. The lowest BCUT2D eigenvalue weighted by Crippen LogP contribution is -2.42. The number of aryl methyl sites for hydroxylation is 2. The average Bonchev–Trinajstić information content (AvgIpc) is 2.96. The Labute approximate surface area is 132 Å². The first kappa shape index (κ1) is 16.9. The van der Waals surface area contributed by atoms with Gasteiger partial charge < -0.3 is 14.7 Å². The summed E-state index contributed by atoms with van der Waals surface area (Å²) in [5.41, 5.74) is 0. The first-order valence-electron chi connectivity index (χ1n) is 8.46. The molecular weight excluding hydrogens is 280 g/mol. The molecule has 22 heavy (non-hydrogen) atoms. The second-order valence-corrected chi connectivity index (χ2v) is 6.11. The molecule has 0 radical (unpaired) electrons. The Morgan fingerprint density at radius 3 is 3.09 bits per heavy atom. The van der Waals surface area contributed by atoms with Crippen molar-refractivity contribution in [2.75, 3.05) is 26.7 Å². The summed E-state index contributed by atoms with van der Waals surface area (Å²) < 4.78 is 5.20. The molecule has 2 rings (SSSR count). The summed E-state index contributed by atoms with van der Waals surface area (Å²) in [4.78, 5) is 18.6. The second-order valence-electron chi connectivity index (χ2n) is 6.11. The molecule has 1 atom stereocenters. The highest BCUT2D eigenvalue weighted by Gasteiger charge is 2.22. The topological polar surface area (TPSA) is 71.3 Å². The molecular formula is C16H28N4O2.